The highest BCUT2D eigenvalue weighted by atomic mass is 16.5. The first-order valence-electron chi connectivity index (χ1n) is 15.4. The average molecular weight is 578 g/mol. The summed E-state index contributed by atoms with van der Waals surface area (Å²) in [4.78, 5) is 2.34. The number of ether oxygens (including phenoxy) is 1. The van der Waals surface area contributed by atoms with Crippen molar-refractivity contribution >= 4 is 17.1 Å². The van der Waals surface area contributed by atoms with Crippen molar-refractivity contribution in [3.8, 4) is 50.3 Å². The quantitative estimate of drug-likeness (QED) is 0.195. The van der Waals surface area contributed by atoms with E-state index in [1.54, 1.807) is 0 Å². The molecule has 214 valence electrons. The van der Waals surface area contributed by atoms with Gasteiger partial charge in [0.1, 0.15) is 12.4 Å². The van der Waals surface area contributed by atoms with E-state index in [0.717, 1.165) is 33.9 Å². The summed E-state index contributed by atoms with van der Waals surface area (Å²) >= 11 is 0. The maximum absolute atomic E-state index is 6.21. The second-order valence-corrected chi connectivity index (χ2v) is 11.3. The Bertz CT molecular complexity index is 2000. The maximum Gasteiger partial charge on any atom is 0.128 e. The van der Waals surface area contributed by atoms with E-state index >= 15 is 0 Å². The molecule has 7 aromatic rings. The van der Waals surface area contributed by atoms with Crippen LogP contribution in [-0.2, 0) is 6.61 Å². The topological polar surface area (TPSA) is 12.5 Å². The van der Waals surface area contributed by atoms with E-state index in [4.69, 9.17) is 4.74 Å². The van der Waals surface area contributed by atoms with Crippen molar-refractivity contribution in [3.63, 3.8) is 0 Å². The molecule has 7 aromatic carbocycles. The molecule has 2 heteroatoms. The number of hydrogen-bond acceptors (Lipinski definition) is 2. The van der Waals surface area contributed by atoms with E-state index in [1.165, 1.54) is 38.9 Å². The molecule has 0 fully saturated rings. The molecule has 0 N–H and O–H groups in total. The van der Waals surface area contributed by atoms with E-state index < -0.39 is 0 Å². The molecule has 0 bridgehead atoms. The van der Waals surface area contributed by atoms with Gasteiger partial charge in [0.25, 0.3) is 0 Å². The number of hydrogen-bond donors (Lipinski definition) is 0. The monoisotopic (exact) mass is 577 g/mol. The Morgan fingerprint density at radius 1 is 0.378 bits per heavy atom. The van der Waals surface area contributed by atoms with Gasteiger partial charge in [-0.1, -0.05) is 133 Å². The Morgan fingerprint density at radius 2 is 0.889 bits per heavy atom. The minimum absolute atomic E-state index is 0.596. The number of benzene rings is 7. The number of anilines is 3. The molecule has 45 heavy (non-hydrogen) atoms. The summed E-state index contributed by atoms with van der Waals surface area (Å²) in [6.07, 6.45) is 0. The summed E-state index contributed by atoms with van der Waals surface area (Å²) in [5.74, 6) is 0.932. The van der Waals surface area contributed by atoms with Crippen LogP contribution < -0.4 is 9.64 Å². The standard InChI is InChI=1S/C43H31NO/c1-3-11-31(12-4-1)33-21-25-37(26-22-33)44(38-27-23-34(24-28-38)32-13-5-2-6-14-32)39-17-9-16-35(29-39)40-19-10-20-42-43(40)41-18-8-7-15-36(41)30-45-42/h1-29H,30H2. The van der Waals surface area contributed by atoms with Gasteiger partial charge >= 0.3 is 0 Å². The van der Waals surface area contributed by atoms with E-state index in [1.807, 2.05) is 0 Å². The van der Waals surface area contributed by atoms with Crippen LogP contribution in [0.2, 0.25) is 0 Å². The van der Waals surface area contributed by atoms with Gasteiger partial charge in [-0.05, 0) is 87.0 Å². The first-order chi connectivity index (χ1) is 22.3. The molecule has 1 aliphatic heterocycles. The molecule has 0 spiro atoms. The van der Waals surface area contributed by atoms with Gasteiger partial charge in [0.15, 0.2) is 0 Å². The lowest BCUT2D eigenvalue weighted by molar-refractivity contribution is 0.302. The third-order valence-corrected chi connectivity index (χ3v) is 8.58. The van der Waals surface area contributed by atoms with Crippen LogP contribution in [0.15, 0.2) is 176 Å². The van der Waals surface area contributed by atoms with Crippen LogP contribution in [-0.4, -0.2) is 0 Å². The van der Waals surface area contributed by atoms with Crippen molar-refractivity contribution in [3.05, 3.63) is 181 Å². The highest BCUT2D eigenvalue weighted by Gasteiger charge is 2.21. The predicted octanol–water partition coefficient (Wildman–Crippen LogP) is 11.7. The second kappa shape index (κ2) is 11.7. The Labute approximate surface area is 264 Å². The number of fused-ring (bicyclic) bond motifs is 3. The lowest BCUT2D eigenvalue weighted by Crippen LogP contribution is -2.10. The molecule has 0 amide bonds. The normalized spacial score (nSPS) is 11.6. The minimum atomic E-state index is 0.596. The average Bonchev–Trinajstić information content (AvgIpc) is 3.13. The largest absolute Gasteiger partial charge is 0.488 e. The van der Waals surface area contributed by atoms with Crippen LogP contribution in [0.25, 0.3) is 44.5 Å². The summed E-state index contributed by atoms with van der Waals surface area (Å²) in [6.45, 7) is 0.596. The summed E-state index contributed by atoms with van der Waals surface area (Å²) in [5.41, 5.74) is 14.0. The molecule has 1 aliphatic rings. The fourth-order valence-electron chi connectivity index (χ4n) is 6.34. The predicted molar refractivity (Wildman–Crippen MR) is 187 cm³/mol. The fraction of sp³-hybridized carbons (Fsp3) is 0.0233. The Hall–Kier alpha value is -5.86. The molecule has 2 nitrogen and oxygen atoms in total. The van der Waals surface area contributed by atoms with Crippen molar-refractivity contribution in [2.45, 2.75) is 6.61 Å². The first-order valence-corrected chi connectivity index (χ1v) is 15.4. The molecule has 8 rings (SSSR count). The molecule has 0 aromatic heterocycles. The van der Waals surface area contributed by atoms with Gasteiger partial charge in [-0.15, -0.1) is 0 Å². The van der Waals surface area contributed by atoms with Gasteiger partial charge in [0.05, 0.1) is 0 Å². The molecule has 1 heterocycles. The summed E-state index contributed by atoms with van der Waals surface area (Å²) in [5, 5.41) is 0. The van der Waals surface area contributed by atoms with Gasteiger partial charge in [0, 0.05) is 22.6 Å². The van der Waals surface area contributed by atoms with E-state index in [2.05, 4.69) is 181 Å². The van der Waals surface area contributed by atoms with Crippen LogP contribution in [0.1, 0.15) is 5.56 Å². The molecule has 0 atom stereocenters. The van der Waals surface area contributed by atoms with Crippen LogP contribution in [0, 0.1) is 0 Å². The Morgan fingerprint density at radius 3 is 1.53 bits per heavy atom. The summed E-state index contributed by atoms with van der Waals surface area (Å²) < 4.78 is 6.21. The van der Waals surface area contributed by atoms with Gasteiger partial charge in [-0.3, -0.25) is 0 Å². The summed E-state index contributed by atoms with van der Waals surface area (Å²) in [6, 6.07) is 62.6. The lowest BCUT2D eigenvalue weighted by atomic mass is 9.89. The summed E-state index contributed by atoms with van der Waals surface area (Å²) in [7, 11) is 0. The van der Waals surface area contributed by atoms with Crippen molar-refractivity contribution < 1.29 is 4.74 Å². The van der Waals surface area contributed by atoms with Crippen molar-refractivity contribution in [1.29, 1.82) is 0 Å². The molecule has 0 aliphatic carbocycles. The SMILES string of the molecule is c1ccc(-c2ccc(N(c3ccc(-c4ccccc4)cc3)c3cccc(-c4cccc5c4-c4ccccc4CO5)c3)cc2)cc1. The number of nitrogens with zero attached hydrogens (tertiary/aromatic N) is 1. The molecule has 0 unspecified atom stereocenters. The zero-order valence-electron chi connectivity index (χ0n) is 24.8. The third-order valence-electron chi connectivity index (χ3n) is 8.58. The first kappa shape index (κ1) is 26.7. The molecule has 0 radical (unpaired) electrons. The number of rotatable bonds is 6. The molecular formula is C43H31NO. The van der Waals surface area contributed by atoms with Crippen molar-refractivity contribution in [1.82, 2.24) is 0 Å². The highest BCUT2D eigenvalue weighted by molar-refractivity contribution is 5.91. The van der Waals surface area contributed by atoms with Gasteiger partial charge in [0.2, 0.25) is 0 Å². The zero-order chi connectivity index (χ0) is 30.0. The van der Waals surface area contributed by atoms with Crippen LogP contribution >= 0.6 is 0 Å². The van der Waals surface area contributed by atoms with Crippen molar-refractivity contribution in [2.75, 3.05) is 4.90 Å². The lowest BCUT2D eigenvalue weighted by Gasteiger charge is -2.27. The van der Waals surface area contributed by atoms with Crippen LogP contribution in [0.4, 0.5) is 17.1 Å². The van der Waals surface area contributed by atoms with E-state index in [0.29, 0.717) is 6.61 Å². The Balaban J connectivity index is 1.24. The van der Waals surface area contributed by atoms with E-state index in [9.17, 15) is 0 Å². The second-order valence-electron chi connectivity index (χ2n) is 11.3. The van der Waals surface area contributed by atoms with Gasteiger partial charge in [-0.25, -0.2) is 0 Å². The van der Waals surface area contributed by atoms with E-state index in [-0.39, 0.29) is 0 Å². The Kier molecular flexibility index (Phi) is 6.94. The van der Waals surface area contributed by atoms with Gasteiger partial charge in [-0.2, -0.15) is 0 Å². The fourth-order valence-corrected chi connectivity index (χ4v) is 6.34. The smallest absolute Gasteiger partial charge is 0.128 e. The van der Waals surface area contributed by atoms with Crippen LogP contribution in [0.3, 0.4) is 0 Å². The highest BCUT2D eigenvalue weighted by Crippen LogP contribution is 2.45. The van der Waals surface area contributed by atoms with Gasteiger partial charge < -0.3 is 9.64 Å². The zero-order valence-corrected chi connectivity index (χ0v) is 24.8. The maximum atomic E-state index is 6.21. The molecule has 0 saturated carbocycles. The molecular weight excluding hydrogens is 546 g/mol. The minimum Gasteiger partial charge on any atom is -0.488 e. The third kappa shape index (κ3) is 5.17. The molecule has 0 saturated heterocycles. The van der Waals surface area contributed by atoms with Crippen LogP contribution in [0.5, 0.6) is 5.75 Å². The van der Waals surface area contributed by atoms with Crippen molar-refractivity contribution in [2.24, 2.45) is 0 Å².